The lowest BCUT2D eigenvalue weighted by Gasteiger charge is -2.20. The molecular weight excluding hydrogens is 369 g/mol. The van der Waals surface area contributed by atoms with Crippen molar-refractivity contribution in [1.29, 1.82) is 0 Å². The first-order valence-electron chi connectivity index (χ1n) is 9.08. The number of anilines is 2. The average molecular weight is 387 g/mol. The predicted octanol–water partition coefficient (Wildman–Crippen LogP) is 5.54. The number of carbonyl (C=O) groups excluding carboxylic acids is 1. The van der Waals surface area contributed by atoms with E-state index in [0.717, 1.165) is 16.7 Å². The van der Waals surface area contributed by atoms with Crippen molar-refractivity contribution in [2.45, 2.75) is 13.8 Å². The predicted molar refractivity (Wildman–Crippen MR) is 109 cm³/mol. The molecule has 0 aliphatic carbocycles. The highest BCUT2D eigenvalue weighted by molar-refractivity contribution is 6.03. The van der Waals surface area contributed by atoms with Gasteiger partial charge in [0.15, 0.2) is 0 Å². The molecule has 2 aromatic heterocycles. The van der Waals surface area contributed by atoms with E-state index in [1.165, 1.54) is 24.0 Å². The quantitative estimate of drug-likeness (QED) is 0.462. The van der Waals surface area contributed by atoms with Crippen LogP contribution in [0.25, 0.3) is 22.4 Å². The maximum absolute atomic E-state index is 14.5. The van der Waals surface area contributed by atoms with Crippen LogP contribution in [0.2, 0.25) is 0 Å². The van der Waals surface area contributed by atoms with Gasteiger partial charge in [-0.1, -0.05) is 41.1 Å². The number of aromatic nitrogens is 2. The van der Waals surface area contributed by atoms with Gasteiger partial charge < -0.3 is 4.52 Å². The number of benzene rings is 2. The van der Waals surface area contributed by atoms with Crippen LogP contribution in [0.15, 0.2) is 77.6 Å². The molecule has 5 nitrogen and oxygen atoms in total. The van der Waals surface area contributed by atoms with Crippen LogP contribution in [0.1, 0.15) is 12.5 Å². The van der Waals surface area contributed by atoms with Crippen LogP contribution in [0.4, 0.5) is 16.0 Å². The fourth-order valence-corrected chi connectivity index (χ4v) is 3.26. The van der Waals surface area contributed by atoms with E-state index in [1.807, 2.05) is 31.2 Å². The van der Waals surface area contributed by atoms with Crippen molar-refractivity contribution in [3.8, 4) is 22.4 Å². The zero-order chi connectivity index (χ0) is 20.4. The van der Waals surface area contributed by atoms with Gasteiger partial charge in [0.1, 0.15) is 11.5 Å². The van der Waals surface area contributed by atoms with E-state index in [0.29, 0.717) is 11.3 Å². The number of para-hydroxylation sites is 1. The second-order valence-corrected chi connectivity index (χ2v) is 6.62. The molecule has 0 spiro atoms. The van der Waals surface area contributed by atoms with Gasteiger partial charge in [0.2, 0.25) is 11.8 Å². The third kappa shape index (κ3) is 3.52. The summed E-state index contributed by atoms with van der Waals surface area (Å²) < 4.78 is 20.2. The lowest BCUT2D eigenvalue weighted by molar-refractivity contribution is -0.116. The summed E-state index contributed by atoms with van der Waals surface area (Å²) in [5.41, 5.74) is 3.92. The topological polar surface area (TPSA) is 59.2 Å². The molecule has 0 fully saturated rings. The minimum absolute atomic E-state index is 0.0993. The highest BCUT2D eigenvalue weighted by Crippen LogP contribution is 2.42. The van der Waals surface area contributed by atoms with Crippen LogP contribution in [0, 0.1) is 12.7 Å². The van der Waals surface area contributed by atoms with Gasteiger partial charge in [-0.3, -0.25) is 9.78 Å². The first kappa shape index (κ1) is 18.6. The molecule has 0 unspecified atom stereocenters. The standard InChI is InChI=1S/C23H18FN3O2/c1-15-6-5-7-18(14-15)22-21(17-10-12-25-13-11-17)23(29-26-22)27(16(2)28)20-9-4-3-8-19(20)24/h3-14H,1-2H3. The molecule has 2 aromatic carbocycles. The van der Waals surface area contributed by atoms with Crippen molar-refractivity contribution in [3.05, 3.63) is 84.4 Å². The van der Waals surface area contributed by atoms with Crippen molar-refractivity contribution >= 4 is 17.5 Å². The third-order valence-corrected chi connectivity index (χ3v) is 4.55. The Kier molecular flexibility index (Phi) is 4.91. The van der Waals surface area contributed by atoms with Crippen molar-refractivity contribution in [1.82, 2.24) is 10.1 Å². The maximum atomic E-state index is 14.5. The molecule has 0 saturated carbocycles. The monoisotopic (exact) mass is 387 g/mol. The van der Waals surface area contributed by atoms with Crippen LogP contribution in [-0.2, 0) is 4.79 Å². The van der Waals surface area contributed by atoms with Gasteiger partial charge in [-0.2, -0.15) is 0 Å². The fourth-order valence-electron chi connectivity index (χ4n) is 3.26. The zero-order valence-electron chi connectivity index (χ0n) is 16.0. The number of hydrogen-bond acceptors (Lipinski definition) is 4. The summed E-state index contributed by atoms with van der Waals surface area (Å²) in [6.07, 6.45) is 3.29. The summed E-state index contributed by atoms with van der Waals surface area (Å²) in [6, 6.07) is 17.5. The number of hydrogen-bond donors (Lipinski definition) is 0. The molecule has 0 radical (unpaired) electrons. The molecule has 1 amide bonds. The minimum atomic E-state index is -0.531. The number of nitrogens with zero attached hydrogens (tertiary/aromatic N) is 3. The van der Waals surface area contributed by atoms with Gasteiger partial charge in [0.05, 0.1) is 11.3 Å². The Hall–Kier alpha value is -3.80. The number of halogens is 1. The Bertz CT molecular complexity index is 1170. The van der Waals surface area contributed by atoms with E-state index in [-0.39, 0.29) is 11.6 Å². The van der Waals surface area contributed by atoms with Crippen molar-refractivity contribution in [2.24, 2.45) is 0 Å². The van der Waals surface area contributed by atoms with Crippen LogP contribution in [0.3, 0.4) is 0 Å². The molecule has 0 atom stereocenters. The van der Waals surface area contributed by atoms with Gasteiger partial charge in [-0.05, 0) is 42.8 Å². The first-order valence-corrected chi connectivity index (χ1v) is 9.08. The highest BCUT2D eigenvalue weighted by Gasteiger charge is 2.29. The van der Waals surface area contributed by atoms with Crippen molar-refractivity contribution in [2.75, 3.05) is 4.90 Å². The average Bonchev–Trinajstić information content (AvgIpc) is 3.15. The van der Waals surface area contributed by atoms with E-state index >= 15 is 0 Å². The number of rotatable bonds is 4. The molecule has 2 heterocycles. The lowest BCUT2D eigenvalue weighted by Crippen LogP contribution is -2.23. The molecule has 0 N–H and O–H groups in total. The molecule has 29 heavy (non-hydrogen) atoms. The van der Waals surface area contributed by atoms with Crippen LogP contribution in [0.5, 0.6) is 0 Å². The zero-order valence-corrected chi connectivity index (χ0v) is 16.0. The largest absolute Gasteiger partial charge is 0.336 e. The SMILES string of the molecule is CC(=O)N(c1ccccc1F)c1onc(-c2cccc(C)c2)c1-c1ccncc1. The normalized spacial score (nSPS) is 10.7. The number of pyridine rings is 1. The smallest absolute Gasteiger partial charge is 0.247 e. The molecule has 6 heteroatoms. The van der Waals surface area contributed by atoms with Gasteiger partial charge in [-0.15, -0.1) is 0 Å². The molecule has 0 bridgehead atoms. The summed E-state index contributed by atoms with van der Waals surface area (Å²) in [6.45, 7) is 3.34. The van der Waals surface area contributed by atoms with E-state index in [2.05, 4.69) is 10.1 Å². The summed E-state index contributed by atoms with van der Waals surface area (Å²) in [4.78, 5) is 17.8. The molecule has 4 aromatic rings. The van der Waals surface area contributed by atoms with E-state index in [9.17, 15) is 9.18 Å². The van der Waals surface area contributed by atoms with Crippen molar-refractivity contribution < 1.29 is 13.7 Å². The van der Waals surface area contributed by atoms with Crippen molar-refractivity contribution in [3.63, 3.8) is 0 Å². The number of amides is 1. The summed E-state index contributed by atoms with van der Waals surface area (Å²) in [5, 5.41) is 4.25. The first-order chi connectivity index (χ1) is 14.1. The highest BCUT2D eigenvalue weighted by atomic mass is 19.1. The van der Waals surface area contributed by atoms with Gasteiger partial charge in [0, 0.05) is 24.9 Å². The molecular formula is C23H18FN3O2. The Labute approximate surface area is 167 Å². The third-order valence-electron chi connectivity index (χ3n) is 4.55. The Morgan fingerprint density at radius 1 is 1.00 bits per heavy atom. The van der Waals surface area contributed by atoms with Gasteiger partial charge in [-0.25, -0.2) is 9.29 Å². The molecule has 0 aliphatic rings. The van der Waals surface area contributed by atoms with Crippen LogP contribution in [-0.4, -0.2) is 16.0 Å². The molecule has 0 aliphatic heterocycles. The second kappa shape index (κ2) is 7.67. The second-order valence-electron chi connectivity index (χ2n) is 6.62. The van der Waals surface area contributed by atoms with Gasteiger partial charge in [0.25, 0.3) is 0 Å². The Morgan fingerprint density at radius 3 is 2.45 bits per heavy atom. The maximum Gasteiger partial charge on any atom is 0.247 e. The lowest BCUT2D eigenvalue weighted by atomic mass is 10.00. The van der Waals surface area contributed by atoms with E-state index < -0.39 is 11.7 Å². The number of aryl methyl sites for hydroxylation is 1. The van der Waals surface area contributed by atoms with Crippen LogP contribution < -0.4 is 4.90 Å². The van der Waals surface area contributed by atoms with E-state index in [1.54, 1.807) is 36.7 Å². The van der Waals surface area contributed by atoms with E-state index in [4.69, 9.17) is 4.52 Å². The summed E-state index contributed by atoms with van der Waals surface area (Å²) >= 11 is 0. The molecule has 144 valence electrons. The number of carbonyl (C=O) groups is 1. The summed E-state index contributed by atoms with van der Waals surface area (Å²) in [5.74, 6) is -0.764. The minimum Gasteiger partial charge on any atom is -0.336 e. The summed E-state index contributed by atoms with van der Waals surface area (Å²) in [7, 11) is 0. The van der Waals surface area contributed by atoms with Crippen LogP contribution >= 0.6 is 0 Å². The Morgan fingerprint density at radius 2 is 1.76 bits per heavy atom. The van der Waals surface area contributed by atoms with Gasteiger partial charge >= 0.3 is 0 Å². The Balaban J connectivity index is 1.99. The fraction of sp³-hybridized carbons (Fsp3) is 0.0870. The molecule has 4 rings (SSSR count). The molecule has 0 saturated heterocycles.